The molecule has 0 aliphatic heterocycles. The summed E-state index contributed by atoms with van der Waals surface area (Å²) >= 11 is 0. The number of nitro benzene ring substituents is 1. The number of hydrogen-bond donors (Lipinski definition) is 2. The molecular weight excluding hydrogens is 350 g/mol. The highest BCUT2D eigenvalue weighted by Gasteiger charge is 2.24. The number of carboxylic acids is 1. The van der Waals surface area contributed by atoms with Gasteiger partial charge in [-0.1, -0.05) is 24.3 Å². The fraction of sp³-hybridized carbons (Fsp3) is 0.176. The van der Waals surface area contributed by atoms with E-state index in [0.717, 1.165) is 12.1 Å². The Morgan fingerprint density at radius 1 is 1.15 bits per heavy atom. The molecule has 0 bridgehead atoms. The lowest BCUT2D eigenvalue weighted by atomic mass is 10.0. The number of rotatable bonds is 7. The SMILES string of the molecule is O=C(Cc1ccc(F)c(F)c1)N[C@H](Cc1ccccc1[N+](=O)[O-])C(=O)O. The van der Waals surface area contributed by atoms with Crippen LogP contribution < -0.4 is 5.32 Å². The Bertz CT molecular complexity index is 857. The van der Waals surface area contributed by atoms with Crippen molar-refractivity contribution in [2.45, 2.75) is 18.9 Å². The van der Waals surface area contributed by atoms with Gasteiger partial charge in [0.05, 0.1) is 11.3 Å². The van der Waals surface area contributed by atoms with E-state index in [4.69, 9.17) is 0 Å². The van der Waals surface area contributed by atoms with Crippen molar-refractivity contribution in [1.82, 2.24) is 5.32 Å². The molecule has 2 rings (SSSR count). The van der Waals surface area contributed by atoms with Crippen molar-refractivity contribution >= 4 is 17.6 Å². The van der Waals surface area contributed by atoms with Crippen LogP contribution in [0.3, 0.4) is 0 Å². The van der Waals surface area contributed by atoms with Gasteiger partial charge in [0.25, 0.3) is 5.69 Å². The van der Waals surface area contributed by atoms with Crippen LogP contribution in [0.25, 0.3) is 0 Å². The number of amides is 1. The first kappa shape index (κ1) is 19.0. The third kappa shape index (κ3) is 4.82. The van der Waals surface area contributed by atoms with Crippen molar-refractivity contribution in [3.8, 4) is 0 Å². The molecule has 7 nitrogen and oxygen atoms in total. The number of carbonyl (C=O) groups excluding carboxylic acids is 1. The fourth-order valence-electron chi connectivity index (χ4n) is 2.36. The van der Waals surface area contributed by atoms with Crippen molar-refractivity contribution in [3.63, 3.8) is 0 Å². The summed E-state index contributed by atoms with van der Waals surface area (Å²) in [4.78, 5) is 33.7. The van der Waals surface area contributed by atoms with E-state index in [1.165, 1.54) is 30.3 Å². The predicted molar refractivity (Wildman–Crippen MR) is 86.4 cm³/mol. The maximum Gasteiger partial charge on any atom is 0.326 e. The van der Waals surface area contributed by atoms with E-state index < -0.39 is 34.5 Å². The zero-order valence-electron chi connectivity index (χ0n) is 13.3. The smallest absolute Gasteiger partial charge is 0.326 e. The van der Waals surface area contributed by atoms with Crippen molar-refractivity contribution in [2.75, 3.05) is 0 Å². The molecule has 0 saturated heterocycles. The summed E-state index contributed by atoms with van der Waals surface area (Å²) < 4.78 is 26.1. The van der Waals surface area contributed by atoms with Crippen molar-refractivity contribution in [2.24, 2.45) is 0 Å². The number of para-hydroxylation sites is 1. The Hall–Kier alpha value is -3.36. The number of aliphatic carboxylic acids is 1. The minimum absolute atomic E-state index is 0.151. The molecule has 2 N–H and O–H groups in total. The second-order valence-electron chi connectivity index (χ2n) is 5.47. The summed E-state index contributed by atoms with van der Waals surface area (Å²) in [6.45, 7) is 0. The topological polar surface area (TPSA) is 110 Å². The average Bonchev–Trinajstić information content (AvgIpc) is 2.57. The van der Waals surface area contributed by atoms with Gasteiger partial charge in [0, 0.05) is 18.1 Å². The second kappa shape index (κ2) is 8.15. The van der Waals surface area contributed by atoms with Crippen LogP contribution in [0.4, 0.5) is 14.5 Å². The molecule has 0 heterocycles. The van der Waals surface area contributed by atoms with Crippen LogP contribution in [-0.2, 0) is 22.4 Å². The van der Waals surface area contributed by atoms with Crippen LogP contribution in [0.1, 0.15) is 11.1 Å². The summed E-state index contributed by atoms with van der Waals surface area (Å²) in [7, 11) is 0. The van der Waals surface area contributed by atoms with Gasteiger partial charge < -0.3 is 10.4 Å². The summed E-state index contributed by atoms with van der Waals surface area (Å²) in [5, 5.41) is 22.5. The van der Waals surface area contributed by atoms with E-state index in [1.54, 1.807) is 0 Å². The van der Waals surface area contributed by atoms with Gasteiger partial charge in [-0.25, -0.2) is 13.6 Å². The molecule has 1 atom stereocenters. The molecule has 2 aromatic rings. The standard InChI is InChI=1S/C17H14F2N2O5/c18-12-6-5-10(7-13(12)19)8-16(22)20-14(17(23)24)9-11-3-1-2-4-15(11)21(25)26/h1-7,14H,8-9H2,(H,20,22)(H,23,24)/t14-/m1/s1. The lowest BCUT2D eigenvalue weighted by Crippen LogP contribution is -2.43. The molecule has 0 saturated carbocycles. The lowest BCUT2D eigenvalue weighted by Gasteiger charge is -2.15. The molecule has 0 spiro atoms. The van der Waals surface area contributed by atoms with Gasteiger partial charge in [0.2, 0.25) is 5.91 Å². The van der Waals surface area contributed by atoms with Crippen molar-refractivity contribution in [3.05, 3.63) is 75.3 Å². The Kier molecular flexibility index (Phi) is 5.94. The number of nitrogens with zero attached hydrogens (tertiary/aromatic N) is 1. The molecule has 0 unspecified atom stereocenters. The molecule has 0 fully saturated rings. The van der Waals surface area contributed by atoms with Gasteiger partial charge in [-0.2, -0.15) is 0 Å². The van der Waals surface area contributed by atoms with Crippen LogP contribution >= 0.6 is 0 Å². The highest BCUT2D eigenvalue weighted by Crippen LogP contribution is 2.19. The fourth-order valence-corrected chi connectivity index (χ4v) is 2.36. The molecule has 0 aliphatic carbocycles. The Labute approximate surface area is 146 Å². The third-order valence-electron chi connectivity index (χ3n) is 3.59. The number of nitrogens with one attached hydrogen (secondary N) is 1. The average molecular weight is 364 g/mol. The summed E-state index contributed by atoms with van der Waals surface area (Å²) in [5.74, 6) is -4.29. The van der Waals surface area contributed by atoms with Gasteiger partial charge >= 0.3 is 5.97 Å². The van der Waals surface area contributed by atoms with E-state index >= 15 is 0 Å². The van der Waals surface area contributed by atoms with E-state index in [0.29, 0.717) is 0 Å². The van der Waals surface area contributed by atoms with Crippen LogP contribution in [0.5, 0.6) is 0 Å². The molecule has 9 heteroatoms. The van der Waals surface area contributed by atoms with Gasteiger partial charge in [0.1, 0.15) is 6.04 Å². The number of halogens is 2. The molecule has 1 amide bonds. The van der Waals surface area contributed by atoms with Crippen LogP contribution in [0.15, 0.2) is 42.5 Å². The number of carboxylic acid groups (broad SMARTS) is 1. The second-order valence-corrected chi connectivity index (χ2v) is 5.47. The van der Waals surface area contributed by atoms with Crippen molar-refractivity contribution < 1.29 is 28.4 Å². The number of nitro groups is 1. The zero-order chi connectivity index (χ0) is 19.3. The largest absolute Gasteiger partial charge is 0.480 e. The van der Waals surface area contributed by atoms with Crippen LogP contribution in [0.2, 0.25) is 0 Å². The zero-order valence-corrected chi connectivity index (χ0v) is 13.3. The first-order chi connectivity index (χ1) is 12.3. The number of carbonyl (C=O) groups is 2. The number of benzene rings is 2. The minimum atomic E-state index is -1.41. The van der Waals surface area contributed by atoms with Gasteiger partial charge in [-0.05, 0) is 17.7 Å². The number of hydrogen-bond acceptors (Lipinski definition) is 4. The van der Waals surface area contributed by atoms with E-state index in [2.05, 4.69) is 5.32 Å². The van der Waals surface area contributed by atoms with E-state index in [9.17, 15) is 33.6 Å². The van der Waals surface area contributed by atoms with Gasteiger partial charge in [-0.3, -0.25) is 14.9 Å². The highest BCUT2D eigenvalue weighted by atomic mass is 19.2. The maximum absolute atomic E-state index is 13.2. The monoisotopic (exact) mass is 364 g/mol. The quantitative estimate of drug-likeness (QED) is 0.578. The van der Waals surface area contributed by atoms with Crippen LogP contribution in [0, 0.1) is 21.7 Å². The van der Waals surface area contributed by atoms with Crippen LogP contribution in [-0.4, -0.2) is 27.9 Å². The lowest BCUT2D eigenvalue weighted by molar-refractivity contribution is -0.385. The van der Waals surface area contributed by atoms with E-state index in [-0.39, 0.29) is 29.7 Å². The molecule has 2 aromatic carbocycles. The summed E-state index contributed by atoms with van der Waals surface area (Å²) in [6, 6.07) is 7.09. The molecule has 136 valence electrons. The first-order valence-electron chi connectivity index (χ1n) is 7.46. The first-order valence-corrected chi connectivity index (χ1v) is 7.46. The Morgan fingerprint density at radius 3 is 2.46 bits per heavy atom. The Morgan fingerprint density at radius 2 is 1.85 bits per heavy atom. The maximum atomic E-state index is 13.2. The normalized spacial score (nSPS) is 11.6. The molecule has 0 aromatic heterocycles. The van der Waals surface area contributed by atoms with Gasteiger partial charge in [-0.15, -0.1) is 0 Å². The summed E-state index contributed by atoms with van der Waals surface area (Å²) in [5.41, 5.74) is 0.0582. The molecule has 0 aliphatic rings. The molecule has 26 heavy (non-hydrogen) atoms. The summed E-state index contributed by atoms with van der Waals surface area (Å²) in [6.07, 6.45) is -0.659. The van der Waals surface area contributed by atoms with E-state index in [1.807, 2.05) is 0 Å². The van der Waals surface area contributed by atoms with Gasteiger partial charge in [0.15, 0.2) is 11.6 Å². The van der Waals surface area contributed by atoms with Crippen molar-refractivity contribution in [1.29, 1.82) is 0 Å². The predicted octanol–water partition coefficient (Wildman–Crippen LogP) is 2.23. The minimum Gasteiger partial charge on any atom is -0.480 e. The third-order valence-corrected chi connectivity index (χ3v) is 3.59. The highest BCUT2D eigenvalue weighted by molar-refractivity contribution is 5.85. The Balaban J connectivity index is 2.10. The molecule has 0 radical (unpaired) electrons. The molecular formula is C17H14F2N2O5.